The molecule has 0 aliphatic heterocycles. The van der Waals surface area contributed by atoms with Crippen molar-refractivity contribution in [2.45, 2.75) is 33.1 Å². The summed E-state index contributed by atoms with van der Waals surface area (Å²) in [6.07, 6.45) is 2.43. The van der Waals surface area contributed by atoms with E-state index in [0.717, 1.165) is 23.1 Å². The molecule has 0 aliphatic rings. The summed E-state index contributed by atoms with van der Waals surface area (Å²) in [6.45, 7) is 6.34. The minimum atomic E-state index is -0.541. The van der Waals surface area contributed by atoms with Crippen LogP contribution in [0.15, 0.2) is 64.0 Å². The third-order valence-corrected chi connectivity index (χ3v) is 5.66. The van der Waals surface area contributed by atoms with E-state index in [2.05, 4.69) is 36.0 Å². The van der Waals surface area contributed by atoms with Crippen molar-refractivity contribution in [2.24, 2.45) is 4.99 Å². The Kier molecular flexibility index (Phi) is 6.58. The summed E-state index contributed by atoms with van der Waals surface area (Å²) in [4.78, 5) is 19.6. The quantitative estimate of drug-likeness (QED) is 0.177. The van der Waals surface area contributed by atoms with Crippen molar-refractivity contribution in [1.29, 1.82) is 0 Å². The summed E-state index contributed by atoms with van der Waals surface area (Å²) in [6, 6.07) is 15.8. The van der Waals surface area contributed by atoms with Crippen molar-refractivity contribution < 1.29 is 19.2 Å². The van der Waals surface area contributed by atoms with Crippen molar-refractivity contribution in [2.75, 3.05) is 6.61 Å². The van der Waals surface area contributed by atoms with Crippen LogP contribution < -0.4 is 4.74 Å². The van der Waals surface area contributed by atoms with Gasteiger partial charge in [0.25, 0.3) is 5.69 Å². The van der Waals surface area contributed by atoms with Crippen LogP contribution in [0.3, 0.4) is 0 Å². The van der Waals surface area contributed by atoms with Gasteiger partial charge in [0.1, 0.15) is 5.52 Å². The molecule has 3 aromatic carbocycles. The van der Waals surface area contributed by atoms with Crippen molar-refractivity contribution in [3.05, 3.63) is 75.8 Å². The van der Waals surface area contributed by atoms with Gasteiger partial charge in [-0.2, -0.15) is 0 Å². The normalized spacial score (nSPS) is 12.3. The van der Waals surface area contributed by atoms with Crippen molar-refractivity contribution in [3.8, 4) is 23.0 Å². The Labute approximate surface area is 196 Å². The van der Waals surface area contributed by atoms with Crippen molar-refractivity contribution in [3.63, 3.8) is 0 Å². The van der Waals surface area contributed by atoms with Crippen LogP contribution in [0, 0.1) is 10.1 Å². The molecular weight excluding hydrogens is 434 g/mol. The van der Waals surface area contributed by atoms with E-state index in [9.17, 15) is 15.2 Å². The molecule has 0 amide bonds. The van der Waals surface area contributed by atoms with Gasteiger partial charge >= 0.3 is 0 Å². The predicted molar refractivity (Wildman–Crippen MR) is 131 cm³/mol. The van der Waals surface area contributed by atoms with Crippen LogP contribution in [0.4, 0.5) is 11.4 Å². The van der Waals surface area contributed by atoms with Gasteiger partial charge in [0, 0.05) is 23.4 Å². The van der Waals surface area contributed by atoms with Crippen LogP contribution in [0.5, 0.6) is 11.5 Å². The molecule has 8 nitrogen and oxygen atoms in total. The minimum Gasteiger partial charge on any atom is -0.504 e. The zero-order valence-electron chi connectivity index (χ0n) is 19.2. The molecule has 0 spiro atoms. The lowest BCUT2D eigenvalue weighted by molar-refractivity contribution is -0.385. The topological polar surface area (TPSA) is 111 Å². The fourth-order valence-corrected chi connectivity index (χ4v) is 3.53. The van der Waals surface area contributed by atoms with E-state index in [-0.39, 0.29) is 29.4 Å². The second-order valence-electron chi connectivity index (χ2n) is 7.93. The lowest BCUT2D eigenvalue weighted by atomic mass is 9.98. The second kappa shape index (κ2) is 9.74. The molecule has 0 radical (unpaired) electrons. The summed E-state index contributed by atoms with van der Waals surface area (Å²) >= 11 is 0. The zero-order valence-corrected chi connectivity index (χ0v) is 19.2. The van der Waals surface area contributed by atoms with E-state index in [1.165, 1.54) is 23.9 Å². The number of aromatic nitrogens is 1. The van der Waals surface area contributed by atoms with Crippen molar-refractivity contribution >= 4 is 28.7 Å². The number of hydrogen-bond acceptors (Lipinski definition) is 7. The van der Waals surface area contributed by atoms with E-state index in [1.807, 2.05) is 18.2 Å². The van der Waals surface area contributed by atoms with Crippen LogP contribution >= 0.6 is 0 Å². The van der Waals surface area contributed by atoms with Gasteiger partial charge in [-0.25, -0.2) is 4.98 Å². The average molecular weight is 460 g/mol. The number of nitro groups is 1. The number of nitro benzene ring substituents is 1. The summed E-state index contributed by atoms with van der Waals surface area (Å²) in [7, 11) is 0. The van der Waals surface area contributed by atoms with Crippen LogP contribution in [0.1, 0.15) is 44.2 Å². The first-order valence-electron chi connectivity index (χ1n) is 11.1. The third-order valence-electron chi connectivity index (χ3n) is 5.66. The maximum atomic E-state index is 11.2. The number of phenols is 1. The summed E-state index contributed by atoms with van der Waals surface area (Å²) in [5.74, 6) is 0.818. The predicted octanol–water partition coefficient (Wildman–Crippen LogP) is 6.77. The Morgan fingerprint density at radius 3 is 2.62 bits per heavy atom. The zero-order chi connectivity index (χ0) is 24.2. The standard InChI is InChI=1S/C26H25N3O5/c1-4-16(3)18-8-11-23-22(13-18)28-26(34-23)17-6-9-20(10-7-17)27-15-19-12-21(29(31)32)14-24(25(19)30)33-5-2/h6-16,30H,4-5H2,1-3H3/t16-/m1/s1. The summed E-state index contributed by atoms with van der Waals surface area (Å²) in [5.41, 5.74) is 4.19. The van der Waals surface area contributed by atoms with E-state index in [4.69, 9.17) is 9.15 Å². The molecule has 0 saturated carbocycles. The lowest BCUT2D eigenvalue weighted by Gasteiger charge is -2.07. The van der Waals surface area contributed by atoms with Crippen LogP contribution in [0.25, 0.3) is 22.6 Å². The van der Waals surface area contributed by atoms with Gasteiger partial charge in [-0.05, 0) is 61.2 Å². The lowest BCUT2D eigenvalue weighted by Crippen LogP contribution is -1.97. The number of benzene rings is 3. The molecule has 0 unspecified atom stereocenters. The first-order chi connectivity index (χ1) is 16.4. The highest BCUT2D eigenvalue weighted by atomic mass is 16.6. The fraction of sp³-hybridized carbons (Fsp3) is 0.231. The van der Waals surface area contributed by atoms with E-state index >= 15 is 0 Å². The number of ether oxygens (including phenoxy) is 1. The smallest absolute Gasteiger partial charge is 0.274 e. The Bertz CT molecular complexity index is 1360. The number of phenolic OH excluding ortho intramolecular Hbond substituents is 1. The molecule has 4 aromatic rings. The molecule has 0 fully saturated rings. The van der Waals surface area contributed by atoms with Gasteiger partial charge in [0.15, 0.2) is 17.1 Å². The van der Waals surface area contributed by atoms with Crippen LogP contribution in [-0.4, -0.2) is 27.8 Å². The maximum absolute atomic E-state index is 11.2. The molecule has 34 heavy (non-hydrogen) atoms. The first kappa shape index (κ1) is 23.0. The van der Waals surface area contributed by atoms with Crippen LogP contribution in [-0.2, 0) is 0 Å². The molecule has 0 bridgehead atoms. The number of rotatable bonds is 8. The number of aromatic hydroxyl groups is 1. The third kappa shape index (κ3) is 4.76. The average Bonchev–Trinajstić information content (AvgIpc) is 3.27. The fourth-order valence-electron chi connectivity index (χ4n) is 3.53. The number of hydrogen-bond donors (Lipinski definition) is 1. The Hall–Kier alpha value is -4.20. The summed E-state index contributed by atoms with van der Waals surface area (Å²) < 4.78 is 11.2. The molecule has 8 heteroatoms. The molecule has 1 aromatic heterocycles. The van der Waals surface area contributed by atoms with Gasteiger partial charge in [0.05, 0.1) is 23.3 Å². The van der Waals surface area contributed by atoms with E-state index < -0.39 is 4.92 Å². The highest BCUT2D eigenvalue weighted by molar-refractivity contribution is 5.88. The SMILES string of the molecule is CCOc1cc([N+](=O)[O-])cc(C=Nc2ccc(-c3nc4cc([C@H](C)CC)ccc4o3)cc2)c1O. The highest BCUT2D eigenvalue weighted by Gasteiger charge is 2.16. The number of non-ortho nitro benzene ring substituents is 1. The second-order valence-corrected chi connectivity index (χ2v) is 7.93. The van der Waals surface area contributed by atoms with Gasteiger partial charge in [-0.3, -0.25) is 15.1 Å². The van der Waals surface area contributed by atoms with Crippen molar-refractivity contribution in [1.82, 2.24) is 4.98 Å². The largest absolute Gasteiger partial charge is 0.504 e. The van der Waals surface area contributed by atoms with Gasteiger partial charge in [0.2, 0.25) is 5.89 Å². The van der Waals surface area contributed by atoms with E-state index in [1.54, 1.807) is 19.1 Å². The number of nitrogens with zero attached hydrogens (tertiary/aromatic N) is 3. The number of oxazole rings is 1. The molecule has 0 saturated heterocycles. The first-order valence-corrected chi connectivity index (χ1v) is 11.1. The highest BCUT2D eigenvalue weighted by Crippen LogP contribution is 2.34. The molecule has 1 heterocycles. The Morgan fingerprint density at radius 2 is 1.94 bits per heavy atom. The van der Waals surface area contributed by atoms with Gasteiger partial charge < -0.3 is 14.3 Å². The molecule has 0 aliphatic carbocycles. The number of fused-ring (bicyclic) bond motifs is 1. The minimum absolute atomic E-state index is 0.0425. The Balaban J connectivity index is 1.58. The van der Waals surface area contributed by atoms with Gasteiger partial charge in [-0.15, -0.1) is 0 Å². The maximum Gasteiger partial charge on any atom is 0.274 e. The van der Waals surface area contributed by atoms with Gasteiger partial charge in [-0.1, -0.05) is 19.9 Å². The molecule has 174 valence electrons. The molecular formula is C26H25N3O5. The van der Waals surface area contributed by atoms with E-state index in [0.29, 0.717) is 17.5 Å². The monoisotopic (exact) mass is 459 g/mol. The molecule has 1 N–H and O–H groups in total. The number of aliphatic imine (C=N–C) groups is 1. The molecule has 1 atom stereocenters. The molecule has 4 rings (SSSR count). The van der Waals surface area contributed by atoms with Crippen LogP contribution in [0.2, 0.25) is 0 Å². The summed E-state index contributed by atoms with van der Waals surface area (Å²) in [5, 5.41) is 21.6. The Morgan fingerprint density at radius 1 is 1.18 bits per heavy atom.